The van der Waals surface area contributed by atoms with Crippen LogP contribution in [0.3, 0.4) is 0 Å². The summed E-state index contributed by atoms with van der Waals surface area (Å²) in [6.45, 7) is 5.88. The number of ether oxygens (including phenoxy) is 1. The Morgan fingerprint density at radius 2 is 1.68 bits per heavy atom. The molecule has 3 fully saturated rings. The van der Waals surface area contributed by atoms with Gasteiger partial charge in [0.15, 0.2) is 6.10 Å². The topological polar surface area (TPSA) is 91.0 Å². The summed E-state index contributed by atoms with van der Waals surface area (Å²) < 4.78 is 41.6. The molecule has 2 amide bonds. The van der Waals surface area contributed by atoms with Crippen LogP contribution in [0.1, 0.15) is 17.9 Å². The maximum Gasteiger partial charge on any atom is 0.490 e. The van der Waals surface area contributed by atoms with Crippen molar-refractivity contribution in [2.24, 2.45) is 0 Å². The number of carbonyl (C=O) groups is 3. The minimum Gasteiger partial charge on any atom is -0.446 e. The fourth-order valence-electron chi connectivity index (χ4n) is 4.16. The molecule has 11 heteroatoms. The molecule has 31 heavy (non-hydrogen) atoms. The van der Waals surface area contributed by atoms with Crippen molar-refractivity contribution in [3.05, 3.63) is 29.8 Å². The summed E-state index contributed by atoms with van der Waals surface area (Å²) in [5.41, 5.74) is 1.53. The number of halogens is 3. The van der Waals surface area contributed by atoms with Crippen molar-refractivity contribution in [1.82, 2.24) is 15.5 Å². The Bertz CT molecular complexity index is 849. The van der Waals surface area contributed by atoms with Gasteiger partial charge in [-0.1, -0.05) is 12.1 Å². The molecule has 0 radical (unpaired) electrons. The van der Waals surface area contributed by atoms with Crippen LogP contribution >= 0.6 is 0 Å². The van der Waals surface area contributed by atoms with Crippen molar-refractivity contribution >= 4 is 23.5 Å². The predicted molar refractivity (Wildman–Crippen MR) is 103 cm³/mol. The smallest absolute Gasteiger partial charge is 0.446 e. The molecule has 2 atom stereocenters. The second kappa shape index (κ2) is 8.46. The Kier molecular flexibility index (Phi) is 5.89. The number of rotatable bonds is 4. The van der Waals surface area contributed by atoms with E-state index in [1.54, 1.807) is 12.1 Å². The molecular formula is C20H23F3N4O4. The van der Waals surface area contributed by atoms with E-state index < -0.39 is 36.0 Å². The zero-order valence-corrected chi connectivity index (χ0v) is 16.7. The zero-order chi connectivity index (χ0) is 22.2. The monoisotopic (exact) mass is 440 g/mol. The molecule has 2 N–H and O–H groups in total. The Morgan fingerprint density at radius 3 is 2.29 bits per heavy atom. The number of anilines is 1. The summed E-state index contributed by atoms with van der Waals surface area (Å²) in [6, 6.07) is 7.65. The molecule has 1 aromatic rings. The van der Waals surface area contributed by atoms with Gasteiger partial charge in [0.05, 0.1) is 5.92 Å². The Morgan fingerprint density at radius 1 is 1.03 bits per heavy atom. The Balaban J connectivity index is 1.37. The fraction of sp³-hybridized carbons (Fsp3) is 0.550. The van der Waals surface area contributed by atoms with E-state index in [1.807, 2.05) is 17.4 Å². The quantitative estimate of drug-likeness (QED) is 0.517. The molecule has 3 saturated heterocycles. The maximum atomic E-state index is 12.4. The van der Waals surface area contributed by atoms with Crippen LogP contribution in [-0.2, 0) is 19.1 Å². The van der Waals surface area contributed by atoms with Crippen molar-refractivity contribution in [1.29, 1.82) is 0 Å². The number of piperidine rings is 1. The highest BCUT2D eigenvalue weighted by Crippen LogP contribution is 2.31. The third-order valence-electron chi connectivity index (χ3n) is 5.98. The summed E-state index contributed by atoms with van der Waals surface area (Å²) in [6.07, 6.45) is -7.22. The van der Waals surface area contributed by atoms with Crippen LogP contribution in [0.2, 0.25) is 0 Å². The van der Waals surface area contributed by atoms with Gasteiger partial charge in [0.25, 0.3) is 5.91 Å². The lowest BCUT2D eigenvalue weighted by Crippen LogP contribution is -2.62. The van der Waals surface area contributed by atoms with Gasteiger partial charge in [0.2, 0.25) is 5.91 Å². The number of benzene rings is 1. The third-order valence-corrected chi connectivity index (χ3v) is 5.98. The van der Waals surface area contributed by atoms with Crippen LogP contribution in [0.4, 0.5) is 18.9 Å². The Hall–Kier alpha value is -2.66. The van der Waals surface area contributed by atoms with Crippen LogP contribution < -0.4 is 15.5 Å². The number of alkyl halides is 3. The molecule has 168 valence electrons. The van der Waals surface area contributed by atoms with Crippen molar-refractivity contribution in [2.45, 2.75) is 30.7 Å². The Labute approximate surface area is 176 Å². The molecule has 3 aliphatic heterocycles. The van der Waals surface area contributed by atoms with Crippen molar-refractivity contribution in [3.63, 3.8) is 0 Å². The van der Waals surface area contributed by atoms with E-state index in [9.17, 15) is 27.6 Å². The van der Waals surface area contributed by atoms with E-state index in [2.05, 4.69) is 19.9 Å². The van der Waals surface area contributed by atoms with Crippen molar-refractivity contribution in [3.8, 4) is 0 Å². The van der Waals surface area contributed by atoms with Gasteiger partial charge in [-0.15, -0.1) is 0 Å². The first-order valence-electron chi connectivity index (χ1n) is 10.1. The first-order valence-corrected chi connectivity index (χ1v) is 10.1. The number of amides is 2. The molecule has 4 rings (SSSR count). The highest BCUT2D eigenvalue weighted by atomic mass is 19.4. The lowest BCUT2D eigenvalue weighted by atomic mass is 9.88. The number of esters is 1. The van der Waals surface area contributed by atoms with Gasteiger partial charge < -0.3 is 15.0 Å². The lowest BCUT2D eigenvalue weighted by molar-refractivity contribution is -0.206. The van der Waals surface area contributed by atoms with Crippen molar-refractivity contribution in [2.75, 3.05) is 44.2 Å². The number of hydrogen-bond donors (Lipinski definition) is 2. The van der Waals surface area contributed by atoms with Gasteiger partial charge in [-0.05, 0) is 17.7 Å². The first kappa shape index (κ1) is 21.6. The second-order valence-corrected chi connectivity index (χ2v) is 7.97. The number of nitrogens with zero attached hydrogens (tertiary/aromatic N) is 2. The molecule has 3 heterocycles. The largest absolute Gasteiger partial charge is 0.490 e. The van der Waals surface area contributed by atoms with Crippen molar-refractivity contribution < 1.29 is 32.3 Å². The minimum atomic E-state index is -5.21. The fourth-order valence-corrected chi connectivity index (χ4v) is 4.16. The summed E-state index contributed by atoms with van der Waals surface area (Å²) in [5, 5.41) is 5.33. The number of imide groups is 1. The molecule has 3 aliphatic rings. The summed E-state index contributed by atoms with van der Waals surface area (Å²) in [4.78, 5) is 39.8. The molecule has 2 unspecified atom stereocenters. The molecular weight excluding hydrogens is 417 g/mol. The highest BCUT2D eigenvalue weighted by Gasteiger charge is 2.46. The SMILES string of the molecule is O=C1NC(=O)C(c2ccc(N3CC(N4CCNCC4)C3)cc2)CC1OC(=O)C(F)(F)F. The van der Waals surface area contributed by atoms with Crippen LogP contribution in [0.25, 0.3) is 0 Å². The van der Waals surface area contributed by atoms with E-state index in [4.69, 9.17) is 0 Å². The van der Waals surface area contributed by atoms with Gasteiger partial charge in [-0.25, -0.2) is 4.79 Å². The van der Waals surface area contributed by atoms with E-state index in [0.717, 1.165) is 45.0 Å². The minimum absolute atomic E-state index is 0.333. The van der Waals surface area contributed by atoms with E-state index in [0.29, 0.717) is 11.6 Å². The number of hydrogen-bond acceptors (Lipinski definition) is 7. The molecule has 0 aliphatic carbocycles. The number of piperazine rings is 1. The highest BCUT2D eigenvalue weighted by molar-refractivity contribution is 6.03. The summed E-state index contributed by atoms with van der Waals surface area (Å²) in [5.74, 6) is -5.01. The average molecular weight is 440 g/mol. The molecule has 0 bridgehead atoms. The van der Waals surface area contributed by atoms with Gasteiger partial charge >= 0.3 is 12.1 Å². The first-order chi connectivity index (χ1) is 14.7. The number of nitrogens with one attached hydrogen (secondary N) is 2. The molecule has 0 saturated carbocycles. The van der Waals surface area contributed by atoms with Gasteiger partial charge in [-0.2, -0.15) is 13.2 Å². The third kappa shape index (κ3) is 4.67. The molecule has 0 aromatic heterocycles. The van der Waals surface area contributed by atoms with Gasteiger partial charge in [0.1, 0.15) is 0 Å². The maximum absolute atomic E-state index is 12.4. The van der Waals surface area contributed by atoms with E-state index in [-0.39, 0.29) is 6.42 Å². The molecule has 1 aromatic carbocycles. The standard InChI is InChI=1S/C20H23F3N4O4/c21-20(22,23)19(30)31-16-9-15(17(28)25-18(16)29)12-1-3-13(4-2-12)27-10-14(11-27)26-7-5-24-6-8-26/h1-4,14-16,24H,5-11H2,(H,25,28,29). The van der Waals surface area contributed by atoms with Crippen LogP contribution in [0.5, 0.6) is 0 Å². The van der Waals surface area contributed by atoms with E-state index >= 15 is 0 Å². The number of carbonyl (C=O) groups excluding carboxylic acids is 3. The molecule has 8 nitrogen and oxygen atoms in total. The average Bonchev–Trinajstić information content (AvgIpc) is 2.69. The molecule has 0 spiro atoms. The lowest BCUT2D eigenvalue weighted by Gasteiger charge is -2.48. The van der Waals surface area contributed by atoms with Gasteiger partial charge in [-0.3, -0.25) is 19.8 Å². The summed E-state index contributed by atoms with van der Waals surface area (Å²) in [7, 11) is 0. The van der Waals surface area contributed by atoms with Crippen LogP contribution in [0, 0.1) is 0 Å². The van der Waals surface area contributed by atoms with Crippen LogP contribution in [0.15, 0.2) is 24.3 Å². The van der Waals surface area contributed by atoms with Gasteiger partial charge in [0, 0.05) is 57.4 Å². The van der Waals surface area contributed by atoms with Crippen LogP contribution in [-0.4, -0.2) is 80.3 Å². The van der Waals surface area contributed by atoms with E-state index in [1.165, 1.54) is 0 Å². The summed E-state index contributed by atoms with van der Waals surface area (Å²) >= 11 is 0. The predicted octanol–water partition coefficient (Wildman–Crippen LogP) is 0.385. The zero-order valence-electron chi connectivity index (χ0n) is 16.7. The second-order valence-electron chi connectivity index (χ2n) is 7.97. The normalized spacial score (nSPS) is 25.7.